The SMILES string of the molecule is Cc1ccc(/C=N/NC(=O)CSC2=Nc3ccccc3C2)s1. The van der Waals surface area contributed by atoms with Crippen molar-refractivity contribution >= 4 is 46.0 Å². The monoisotopic (exact) mass is 329 g/mol. The van der Waals surface area contributed by atoms with E-state index in [0.717, 1.165) is 22.0 Å². The summed E-state index contributed by atoms with van der Waals surface area (Å²) in [4.78, 5) is 18.5. The van der Waals surface area contributed by atoms with E-state index in [2.05, 4.69) is 21.6 Å². The first-order chi connectivity index (χ1) is 10.7. The minimum Gasteiger partial charge on any atom is -0.272 e. The van der Waals surface area contributed by atoms with E-state index < -0.39 is 0 Å². The van der Waals surface area contributed by atoms with Gasteiger partial charge in [-0.1, -0.05) is 18.2 Å². The smallest absolute Gasteiger partial charge is 0.250 e. The number of carbonyl (C=O) groups excluding carboxylic acids is 1. The van der Waals surface area contributed by atoms with Crippen molar-refractivity contribution in [2.45, 2.75) is 13.3 Å². The molecule has 1 aromatic carbocycles. The Morgan fingerprint density at radius 2 is 2.27 bits per heavy atom. The number of carbonyl (C=O) groups is 1. The first kappa shape index (κ1) is 15.0. The summed E-state index contributed by atoms with van der Waals surface area (Å²) in [7, 11) is 0. The van der Waals surface area contributed by atoms with Crippen molar-refractivity contribution in [3.05, 3.63) is 51.7 Å². The summed E-state index contributed by atoms with van der Waals surface area (Å²) in [6.07, 6.45) is 2.48. The lowest BCUT2D eigenvalue weighted by molar-refractivity contribution is -0.118. The molecule has 0 saturated carbocycles. The Kier molecular flexibility index (Phi) is 4.70. The highest BCUT2D eigenvalue weighted by atomic mass is 32.2. The molecule has 1 aliphatic heterocycles. The van der Waals surface area contributed by atoms with Crippen LogP contribution in [-0.2, 0) is 11.2 Å². The van der Waals surface area contributed by atoms with Crippen LogP contribution in [0, 0.1) is 6.92 Å². The van der Waals surface area contributed by atoms with Gasteiger partial charge in [0.25, 0.3) is 0 Å². The molecule has 112 valence electrons. The zero-order valence-electron chi connectivity index (χ0n) is 12.1. The predicted molar refractivity (Wildman–Crippen MR) is 94.5 cm³/mol. The van der Waals surface area contributed by atoms with Crippen LogP contribution in [0.3, 0.4) is 0 Å². The van der Waals surface area contributed by atoms with Gasteiger partial charge in [-0.25, -0.2) is 10.4 Å². The van der Waals surface area contributed by atoms with E-state index >= 15 is 0 Å². The Morgan fingerprint density at radius 3 is 3.05 bits per heavy atom. The van der Waals surface area contributed by atoms with Crippen LogP contribution in [0.4, 0.5) is 5.69 Å². The molecule has 0 radical (unpaired) electrons. The number of fused-ring (bicyclic) bond motifs is 1. The summed E-state index contributed by atoms with van der Waals surface area (Å²) >= 11 is 3.11. The van der Waals surface area contributed by atoms with E-state index in [1.807, 2.05) is 37.3 Å². The summed E-state index contributed by atoms with van der Waals surface area (Å²) < 4.78 is 0. The van der Waals surface area contributed by atoms with Crippen LogP contribution in [0.2, 0.25) is 0 Å². The molecule has 1 N–H and O–H groups in total. The number of rotatable bonds is 4. The molecule has 0 fully saturated rings. The number of hydrogen-bond donors (Lipinski definition) is 1. The first-order valence-corrected chi connectivity index (χ1v) is 8.67. The van der Waals surface area contributed by atoms with Crippen molar-refractivity contribution < 1.29 is 4.79 Å². The number of aliphatic imine (C=N–C) groups is 1. The Bertz CT molecular complexity index is 749. The van der Waals surface area contributed by atoms with Gasteiger partial charge in [0, 0.05) is 16.2 Å². The molecule has 0 unspecified atom stereocenters. The molecule has 0 aliphatic carbocycles. The van der Waals surface area contributed by atoms with Crippen LogP contribution < -0.4 is 5.43 Å². The van der Waals surface area contributed by atoms with Crippen LogP contribution >= 0.6 is 23.1 Å². The Morgan fingerprint density at radius 1 is 1.41 bits per heavy atom. The van der Waals surface area contributed by atoms with Gasteiger partial charge in [0.1, 0.15) is 0 Å². The maximum atomic E-state index is 11.8. The second kappa shape index (κ2) is 6.89. The lowest BCUT2D eigenvalue weighted by atomic mass is 10.2. The van der Waals surface area contributed by atoms with Crippen LogP contribution in [0.15, 0.2) is 46.5 Å². The molecular formula is C16H15N3OS2. The standard InChI is InChI=1S/C16H15N3OS2/c1-11-6-7-13(22-11)9-17-19-15(20)10-21-16-8-12-4-2-3-5-14(12)18-16/h2-7,9H,8,10H2,1H3,(H,19,20)/b17-9+. The number of aryl methyl sites for hydroxylation is 1. The fraction of sp³-hybridized carbons (Fsp3) is 0.188. The summed E-state index contributed by atoms with van der Waals surface area (Å²) in [5, 5.41) is 4.95. The van der Waals surface area contributed by atoms with Gasteiger partial charge in [-0.05, 0) is 30.7 Å². The maximum absolute atomic E-state index is 11.8. The van der Waals surface area contributed by atoms with Gasteiger partial charge in [0.2, 0.25) is 5.91 Å². The first-order valence-electron chi connectivity index (χ1n) is 6.87. The molecule has 0 atom stereocenters. The molecule has 0 spiro atoms. The minimum atomic E-state index is -0.117. The fourth-order valence-electron chi connectivity index (χ4n) is 2.06. The molecule has 3 rings (SSSR count). The average Bonchev–Trinajstić information content (AvgIpc) is 3.11. The third kappa shape index (κ3) is 3.84. The Hall–Kier alpha value is -1.92. The maximum Gasteiger partial charge on any atom is 0.250 e. The minimum absolute atomic E-state index is 0.117. The third-order valence-electron chi connectivity index (χ3n) is 3.09. The largest absolute Gasteiger partial charge is 0.272 e. The molecule has 1 amide bonds. The van der Waals surface area contributed by atoms with Gasteiger partial charge in [0.15, 0.2) is 0 Å². The quantitative estimate of drug-likeness (QED) is 0.689. The molecule has 0 bridgehead atoms. The van der Waals surface area contributed by atoms with E-state index in [9.17, 15) is 4.79 Å². The van der Waals surface area contributed by atoms with Gasteiger partial charge in [-0.2, -0.15) is 5.10 Å². The van der Waals surface area contributed by atoms with Gasteiger partial charge in [-0.15, -0.1) is 23.1 Å². The number of amides is 1. The summed E-state index contributed by atoms with van der Waals surface area (Å²) in [6.45, 7) is 2.04. The number of benzene rings is 1. The van der Waals surface area contributed by atoms with E-state index in [0.29, 0.717) is 5.75 Å². The van der Waals surface area contributed by atoms with Crippen LogP contribution in [0.1, 0.15) is 15.3 Å². The van der Waals surface area contributed by atoms with Crippen LogP contribution in [0.5, 0.6) is 0 Å². The summed E-state index contributed by atoms with van der Waals surface area (Å²) in [5.41, 5.74) is 4.78. The Balaban J connectivity index is 1.45. The zero-order chi connectivity index (χ0) is 15.4. The highest BCUT2D eigenvalue weighted by Crippen LogP contribution is 2.29. The Labute approximate surface area is 137 Å². The van der Waals surface area contributed by atoms with E-state index in [1.54, 1.807) is 17.6 Å². The van der Waals surface area contributed by atoms with E-state index in [-0.39, 0.29) is 5.91 Å². The molecular weight excluding hydrogens is 314 g/mol. The van der Waals surface area contributed by atoms with Crippen molar-refractivity contribution in [1.29, 1.82) is 0 Å². The molecule has 1 aliphatic rings. The molecule has 2 heterocycles. The molecule has 22 heavy (non-hydrogen) atoms. The van der Waals surface area contributed by atoms with Crippen molar-refractivity contribution in [1.82, 2.24) is 5.43 Å². The number of thioether (sulfide) groups is 1. The van der Waals surface area contributed by atoms with Crippen molar-refractivity contribution in [3.8, 4) is 0 Å². The van der Waals surface area contributed by atoms with Gasteiger partial charge in [0.05, 0.1) is 22.7 Å². The number of hydrazone groups is 1. The highest BCUT2D eigenvalue weighted by Gasteiger charge is 2.15. The average molecular weight is 329 g/mol. The second-order valence-corrected chi connectivity index (χ2v) is 7.21. The number of nitrogens with one attached hydrogen (secondary N) is 1. The van der Waals surface area contributed by atoms with E-state index in [4.69, 9.17) is 0 Å². The lowest BCUT2D eigenvalue weighted by Gasteiger charge is -1.99. The van der Waals surface area contributed by atoms with Gasteiger partial charge < -0.3 is 0 Å². The van der Waals surface area contributed by atoms with E-state index in [1.165, 1.54) is 22.2 Å². The van der Waals surface area contributed by atoms with Gasteiger partial charge >= 0.3 is 0 Å². The lowest BCUT2D eigenvalue weighted by Crippen LogP contribution is -2.20. The van der Waals surface area contributed by atoms with Crippen LogP contribution in [0.25, 0.3) is 0 Å². The topological polar surface area (TPSA) is 53.8 Å². The third-order valence-corrected chi connectivity index (χ3v) is 5.00. The summed E-state index contributed by atoms with van der Waals surface area (Å²) in [5.74, 6) is 0.210. The molecule has 2 aromatic rings. The van der Waals surface area contributed by atoms with Crippen molar-refractivity contribution in [2.24, 2.45) is 10.1 Å². The van der Waals surface area contributed by atoms with Crippen LogP contribution in [-0.4, -0.2) is 22.9 Å². The van der Waals surface area contributed by atoms with Gasteiger partial charge in [-0.3, -0.25) is 4.79 Å². The highest BCUT2D eigenvalue weighted by molar-refractivity contribution is 8.14. The zero-order valence-corrected chi connectivity index (χ0v) is 13.7. The predicted octanol–water partition coefficient (Wildman–Crippen LogP) is 3.53. The molecule has 1 aromatic heterocycles. The number of para-hydroxylation sites is 1. The van der Waals surface area contributed by atoms with Crippen molar-refractivity contribution in [2.75, 3.05) is 5.75 Å². The fourth-order valence-corrected chi connectivity index (χ4v) is 3.59. The molecule has 6 heteroatoms. The summed E-state index contributed by atoms with van der Waals surface area (Å²) in [6, 6.07) is 12.1. The second-order valence-electron chi connectivity index (χ2n) is 4.84. The number of hydrogen-bond acceptors (Lipinski definition) is 5. The number of nitrogens with zero attached hydrogens (tertiary/aromatic N) is 2. The molecule has 4 nitrogen and oxygen atoms in total. The number of thiophene rings is 1. The normalized spacial score (nSPS) is 13.2. The van der Waals surface area contributed by atoms with Crippen molar-refractivity contribution in [3.63, 3.8) is 0 Å². The molecule has 0 saturated heterocycles.